The van der Waals surface area contributed by atoms with Crippen molar-refractivity contribution < 1.29 is 32.7 Å². The Morgan fingerprint density at radius 2 is 0.556 bits per heavy atom. The Hall–Kier alpha value is -0.176. The van der Waals surface area contributed by atoms with Crippen molar-refractivity contribution in [3.8, 4) is 0 Å². The minimum absolute atomic E-state index is 0. The van der Waals surface area contributed by atoms with Crippen LogP contribution in [-0.2, 0) is 32.7 Å². The maximum atomic E-state index is 4.54. The number of nitrogens with zero attached hydrogens (tertiary/aromatic N) is 1. The summed E-state index contributed by atoms with van der Waals surface area (Å²) in [7, 11) is 1.79. The summed E-state index contributed by atoms with van der Waals surface area (Å²) in [6, 6.07) is 0. The zero-order valence-corrected chi connectivity index (χ0v) is 32.8. The van der Waals surface area contributed by atoms with Gasteiger partial charge in [-0.2, -0.15) is 20.8 Å². The number of allylic oxidation sites excluding steroid dienone is 7. The van der Waals surface area contributed by atoms with Gasteiger partial charge in [0.25, 0.3) is 0 Å². The summed E-state index contributed by atoms with van der Waals surface area (Å²) < 4.78 is 0. The molecule has 3 heteroatoms. The van der Waals surface area contributed by atoms with Gasteiger partial charge in [-0.1, -0.05) is 51.2 Å². The summed E-state index contributed by atoms with van der Waals surface area (Å²) >= 11 is 4.54. The minimum atomic E-state index is 0. The molecular weight excluding hydrogens is 531 g/mol. The van der Waals surface area contributed by atoms with E-state index in [0.717, 1.165) is 10.6 Å². The van der Waals surface area contributed by atoms with Crippen molar-refractivity contribution in [3.63, 3.8) is 0 Å². The first kappa shape index (κ1) is 56.1. The normalized spacial score (nSPS) is 7.42. The number of hydrogen-bond donors (Lipinski definition) is 0. The Kier molecular flexibility index (Phi) is 65.4. The van der Waals surface area contributed by atoms with Gasteiger partial charge >= 0.3 is 0 Å². The van der Waals surface area contributed by atoms with E-state index in [-0.39, 0.29) is 32.7 Å². The van der Waals surface area contributed by atoms with Gasteiger partial charge < -0.3 is 5.92 Å². The van der Waals surface area contributed by atoms with Crippen LogP contribution >= 0.6 is 12.2 Å². The van der Waals surface area contributed by atoms with E-state index in [1.165, 1.54) is 44.9 Å². The van der Waals surface area contributed by atoms with Crippen molar-refractivity contribution in [3.05, 3.63) is 51.5 Å². The van der Waals surface area contributed by atoms with Crippen LogP contribution < -0.4 is 0 Å². The van der Waals surface area contributed by atoms with Crippen molar-refractivity contribution in [1.29, 1.82) is 0 Å². The first-order valence-electron chi connectivity index (χ1n) is 12.5. The Bertz CT molecular complexity index is 497. The number of aliphatic imine (C=N–C) groups is 1. The van der Waals surface area contributed by atoms with Gasteiger partial charge in [-0.15, -0.1) is 6.58 Å². The Balaban J connectivity index is -0.0000000425. The molecule has 0 aromatic heterocycles. The summed E-state index contributed by atoms with van der Waals surface area (Å²) in [6.07, 6.45) is 0. The van der Waals surface area contributed by atoms with Crippen LogP contribution in [0.3, 0.4) is 0 Å². The van der Waals surface area contributed by atoms with Crippen LogP contribution in [0.1, 0.15) is 145 Å². The van der Waals surface area contributed by atoms with Gasteiger partial charge in [0.15, 0.2) is 0 Å². The second kappa shape index (κ2) is 41.9. The van der Waals surface area contributed by atoms with Gasteiger partial charge in [0.05, 0.1) is 0 Å². The number of rotatable bonds is 0. The third-order valence-electron chi connectivity index (χ3n) is 3.45. The predicted octanol–water partition coefficient (Wildman–Crippen LogP) is 12.8. The molecular formula is C33H68NSY-. The van der Waals surface area contributed by atoms with Crippen molar-refractivity contribution >= 4 is 22.8 Å². The van der Waals surface area contributed by atoms with Gasteiger partial charge in [0, 0.05) is 45.5 Å². The smallest absolute Gasteiger partial charge is 0.0276 e. The first-order valence-corrected chi connectivity index (χ1v) is 12.9. The molecule has 0 amide bonds. The van der Waals surface area contributed by atoms with Crippen molar-refractivity contribution in [2.24, 2.45) is 4.99 Å². The third kappa shape index (κ3) is 191. The van der Waals surface area contributed by atoms with Gasteiger partial charge in [-0.25, -0.2) is 0 Å². The second-order valence-electron chi connectivity index (χ2n) is 10.8. The fourth-order valence-electron chi connectivity index (χ4n) is 0. The maximum absolute atomic E-state index is 4.54. The quantitative estimate of drug-likeness (QED) is 0.117. The molecule has 0 heterocycles. The van der Waals surface area contributed by atoms with Gasteiger partial charge in [0.2, 0.25) is 0 Å². The van der Waals surface area contributed by atoms with E-state index in [0.29, 0.717) is 0 Å². The molecule has 0 rings (SSSR count). The zero-order valence-electron chi connectivity index (χ0n) is 29.1. The van der Waals surface area contributed by atoms with E-state index in [4.69, 9.17) is 0 Å². The Labute approximate surface area is 262 Å². The summed E-state index contributed by atoms with van der Waals surface area (Å²) in [5, 5.41) is 0. The molecule has 0 aliphatic carbocycles. The van der Waals surface area contributed by atoms with Crippen LogP contribution in [0.15, 0.2) is 50.6 Å². The fraction of sp³-hybridized carbons (Fsp3) is 0.667. The van der Waals surface area contributed by atoms with Crippen LogP contribution in [0.5, 0.6) is 0 Å². The third-order valence-corrected chi connectivity index (χ3v) is 3.45. The van der Waals surface area contributed by atoms with Crippen LogP contribution in [0, 0.1) is 5.92 Å². The SMILES string of the molecule is C=C(C)C.CC(C)=C(C)C.CC(C)=C(C)C.CC(C)=C(C)C.CC(C)=S.CN=C(C)C.C[C-](C)C.[Y]. The number of thiocarbonyl (C=S) groups is 1. The second-order valence-corrected chi connectivity index (χ2v) is 11.6. The molecule has 1 radical (unpaired) electrons. The molecule has 0 aliphatic heterocycles. The molecule has 0 saturated heterocycles. The standard InChI is InChI=1S/3C6H12.C4H9N.C4H9.C4H8.C3H6S.Y/c3*1-5(2)6(3)4;1-4(2)5-3;2*1-4(2)3;1-3(2)4;/h3*1-4H3;1-3H3;1-3H3;1H2,2-3H3;1-2H3;/q;;;;-1;;;. The van der Waals surface area contributed by atoms with Gasteiger partial charge in [-0.3, -0.25) is 4.99 Å². The van der Waals surface area contributed by atoms with E-state index >= 15 is 0 Å². The predicted molar refractivity (Wildman–Crippen MR) is 179 cm³/mol. The first-order chi connectivity index (χ1) is 15.4. The average molecular weight is 600 g/mol. The van der Waals surface area contributed by atoms with E-state index in [2.05, 4.69) is 128 Å². The van der Waals surface area contributed by atoms with Crippen LogP contribution in [0.4, 0.5) is 0 Å². The van der Waals surface area contributed by atoms with Gasteiger partial charge in [0.1, 0.15) is 0 Å². The minimum Gasteiger partial charge on any atom is -0.323 e. The maximum Gasteiger partial charge on any atom is 0.0276 e. The fourth-order valence-corrected chi connectivity index (χ4v) is 0. The summed E-state index contributed by atoms with van der Waals surface area (Å²) in [5.74, 6) is 1.42. The summed E-state index contributed by atoms with van der Waals surface area (Å²) in [6.45, 7) is 46.9. The molecule has 0 fully saturated rings. The van der Waals surface area contributed by atoms with E-state index in [9.17, 15) is 0 Å². The Morgan fingerprint density at radius 1 is 0.500 bits per heavy atom. The molecule has 215 valence electrons. The van der Waals surface area contributed by atoms with Crippen LogP contribution in [0.25, 0.3) is 0 Å². The molecule has 1 nitrogen and oxygen atoms in total. The van der Waals surface area contributed by atoms with Crippen molar-refractivity contribution in [1.82, 2.24) is 0 Å². The molecule has 0 bridgehead atoms. The van der Waals surface area contributed by atoms with Crippen LogP contribution in [-0.4, -0.2) is 17.6 Å². The van der Waals surface area contributed by atoms with Crippen molar-refractivity contribution in [2.75, 3.05) is 7.05 Å². The largest absolute Gasteiger partial charge is 0.323 e. The molecule has 0 saturated carbocycles. The van der Waals surface area contributed by atoms with Gasteiger partial charge in [-0.05, 0) is 129 Å². The number of hydrogen-bond acceptors (Lipinski definition) is 2. The average Bonchev–Trinajstić information content (AvgIpc) is 2.61. The molecule has 36 heavy (non-hydrogen) atoms. The summed E-state index contributed by atoms with van der Waals surface area (Å²) in [5.41, 5.74) is 10.9. The zero-order chi connectivity index (χ0) is 30.5. The van der Waals surface area contributed by atoms with E-state index < -0.39 is 0 Å². The summed E-state index contributed by atoms with van der Waals surface area (Å²) in [4.78, 5) is 4.81. The molecule has 0 aromatic rings. The molecule has 0 spiro atoms. The topological polar surface area (TPSA) is 12.4 Å². The van der Waals surface area contributed by atoms with E-state index in [1.807, 2.05) is 41.5 Å². The molecule has 0 aromatic carbocycles. The Morgan fingerprint density at radius 3 is 0.556 bits per heavy atom. The monoisotopic (exact) mass is 599 g/mol. The molecule has 0 aliphatic rings. The molecule has 0 unspecified atom stereocenters. The van der Waals surface area contributed by atoms with Crippen molar-refractivity contribution in [2.45, 2.75) is 145 Å². The van der Waals surface area contributed by atoms with E-state index in [1.54, 1.807) is 7.05 Å². The van der Waals surface area contributed by atoms with Crippen LogP contribution in [0.2, 0.25) is 0 Å². The molecule has 0 N–H and O–H groups in total. The molecule has 0 atom stereocenters.